The first-order valence-corrected chi connectivity index (χ1v) is 7.26. The van der Waals surface area contributed by atoms with Crippen molar-refractivity contribution in [2.24, 2.45) is 11.7 Å². The lowest BCUT2D eigenvalue weighted by Gasteiger charge is -2.31. The molecule has 3 unspecified atom stereocenters. The van der Waals surface area contributed by atoms with Gasteiger partial charge in [-0.25, -0.2) is 0 Å². The first-order chi connectivity index (χ1) is 8.53. The van der Waals surface area contributed by atoms with Crippen LogP contribution < -0.4 is 5.73 Å². The Morgan fingerprint density at radius 3 is 2.39 bits per heavy atom. The molecule has 4 heteroatoms. The van der Waals surface area contributed by atoms with Gasteiger partial charge in [-0.1, -0.05) is 6.92 Å². The van der Waals surface area contributed by atoms with Crippen LogP contribution in [0, 0.1) is 5.92 Å². The van der Waals surface area contributed by atoms with Crippen LogP contribution in [0.4, 0.5) is 0 Å². The Bertz CT molecular complexity index is 266. The maximum absolute atomic E-state index is 12.2. The summed E-state index contributed by atoms with van der Waals surface area (Å²) in [6.07, 6.45) is 1.78. The summed E-state index contributed by atoms with van der Waals surface area (Å²) in [4.78, 5) is 16.5. The molecular formula is C14H29N3O. The molecule has 1 heterocycles. The van der Waals surface area contributed by atoms with Gasteiger partial charge in [0.15, 0.2) is 0 Å². The van der Waals surface area contributed by atoms with Gasteiger partial charge in [0.2, 0.25) is 5.91 Å². The van der Waals surface area contributed by atoms with Gasteiger partial charge in [0.1, 0.15) is 0 Å². The average molecular weight is 255 g/mol. The molecule has 0 saturated carbocycles. The fourth-order valence-electron chi connectivity index (χ4n) is 3.08. The van der Waals surface area contributed by atoms with E-state index in [0.717, 1.165) is 25.6 Å². The van der Waals surface area contributed by atoms with Crippen LogP contribution in [0.1, 0.15) is 40.5 Å². The van der Waals surface area contributed by atoms with E-state index in [2.05, 4.69) is 18.7 Å². The van der Waals surface area contributed by atoms with E-state index in [1.54, 1.807) is 0 Å². The molecule has 1 amide bonds. The van der Waals surface area contributed by atoms with Crippen molar-refractivity contribution in [1.82, 2.24) is 9.80 Å². The van der Waals surface area contributed by atoms with Crippen LogP contribution in [0.2, 0.25) is 0 Å². The molecule has 0 aromatic heterocycles. The minimum atomic E-state index is 0.207. The lowest BCUT2D eigenvalue weighted by atomic mass is 10.1. The van der Waals surface area contributed by atoms with Crippen molar-refractivity contribution in [3.05, 3.63) is 0 Å². The summed E-state index contributed by atoms with van der Waals surface area (Å²) in [5.41, 5.74) is 5.88. The Hall–Kier alpha value is -0.610. The summed E-state index contributed by atoms with van der Waals surface area (Å²) < 4.78 is 0. The zero-order valence-corrected chi connectivity index (χ0v) is 12.4. The number of amides is 1. The molecule has 1 aliphatic heterocycles. The van der Waals surface area contributed by atoms with Crippen molar-refractivity contribution >= 4 is 5.91 Å². The Morgan fingerprint density at radius 1 is 1.39 bits per heavy atom. The lowest BCUT2D eigenvalue weighted by molar-refractivity contribution is -0.132. The van der Waals surface area contributed by atoms with E-state index in [-0.39, 0.29) is 11.9 Å². The fourth-order valence-corrected chi connectivity index (χ4v) is 3.08. The van der Waals surface area contributed by atoms with Gasteiger partial charge in [-0.05, 0) is 33.1 Å². The average Bonchev–Trinajstić information content (AvgIpc) is 2.67. The van der Waals surface area contributed by atoms with E-state index in [1.807, 2.05) is 18.7 Å². The first-order valence-electron chi connectivity index (χ1n) is 7.26. The molecule has 0 spiro atoms. The second-order valence-electron chi connectivity index (χ2n) is 5.55. The third-order valence-corrected chi connectivity index (χ3v) is 4.10. The van der Waals surface area contributed by atoms with Crippen LogP contribution in [0.25, 0.3) is 0 Å². The van der Waals surface area contributed by atoms with Gasteiger partial charge in [-0.3, -0.25) is 9.69 Å². The highest BCUT2D eigenvalue weighted by molar-refractivity contribution is 5.76. The standard InChI is InChI=1S/C14H29N3O/c1-5-16(6-2)14(18)8-13(9-15)17-10-11(3)7-12(17)4/h11-13H,5-10,15H2,1-4H3. The van der Waals surface area contributed by atoms with Crippen LogP contribution in [-0.4, -0.2) is 54.0 Å². The second-order valence-corrected chi connectivity index (χ2v) is 5.55. The number of rotatable bonds is 6. The highest BCUT2D eigenvalue weighted by Crippen LogP contribution is 2.25. The molecule has 0 radical (unpaired) electrons. The lowest BCUT2D eigenvalue weighted by Crippen LogP contribution is -2.46. The molecule has 106 valence electrons. The van der Waals surface area contributed by atoms with Gasteiger partial charge < -0.3 is 10.6 Å². The number of hydrogen-bond acceptors (Lipinski definition) is 3. The predicted octanol–water partition coefficient (Wildman–Crippen LogP) is 1.30. The Kier molecular flexibility index (Phi) is 6.09. The molecular weight excluding hydrogens is 226 g/mol. The van der Waals surface area contributed by atoms with Gasteiger partial charge in [-0.15, -0.1) is 0 Å². The van der Waals surface area contributed by atoms with Crippen molar-refractivity contribution in [1.29, 1.82) is 0 Å². The molecule has 1 saturated heterocycles. The van der Waals surface area contributed by atoms with E-state index in [4.69, 9.17) is 5.73 Å². The number of carbonyl (C=O) groups is 1. The molecule has 1 rings (SSSR count). The summed E-state index contributed by atoms with van der Waals surface area (Å²) in [6, 6.07) is 0.760. The van der Waals surface area contributed by atoms with Gasteiger partial charge in [0.25, 0.3) is 0 Å². The number of carbonyl (C=O) groups excluding carboxylic acids is 1. The quantitative estimate of drug-likeness (QED) is 0.778. The highest BCUT2D eigenvalue weighted by atomic mass is 16.2. The zero-order chi connectivity index (χ0) is 13.7. The second kappa shape index (κ2) is 7.10. The summed E-state index contributed by atoms with van der Waals surface area (Å²) in [7, 11) is 0. The number of nitrogens with zero attached hydrogens (tertiary/aromatic N) is 2. The summed E-state index contributed by atoms with van der Waals surface area (Å²) in [5.74, 6) is 0.958. The molecule has 1 fully saturated rings. The third kappa shape index (κ3) is 3.69. The Labute approximate surface area is 111 Å². The third-order valence-electron chi connectivity index (χ3n) is 4.10. The van der Waals surface area contributed by atoms with Crippen LogP contribution in [-0.2, 0) is 4.79 Å². The van der Waals surface area contributed by atoms with E-state index in [9.17, 15) is 4.79 Å². The smallest absolute Gasteiger partial charge is 0.224 e. The van der Waals surface area contributed by atoms with Crippen molar-refractivity contribution < 1.29 is 4.79 Å². The molecule has 0 bridgehead atoms. The van der Waals surface area contributed by atoms with Gasteiger partial charge >= 0.3 is 0 Å². The van der Waals surface area contributed by atoms with Crippen LogP contribution in [0.15, 0.2) is 0 Å². The monoisotopic (exact) mass is 255 g/mol. The summed E-state index contributed by atoms with van der Waals surface area (Å²) >= 11 is 0. The maximum atomic E-state index is 12.2. The maximum Gasteiger partial charge on any atom is 0.224 e. The first kappa shape index (κ1) is 15.4. The van der Waals surface area contributed by atoms with Crippen LogP contribution in [0.5, 0.6) is 0 Å². The highest BCUT2D eigenvalue weighted by Gasteiger charge is 2.32. The van der Waals surface area contributed by atoms with E-state index in [1.165, 1.54) is 6.42 Å². The normalized spacial score (nSPS) is 26.3. The molecule has 1 aliphatic rings. The van der Waals surface area contributed by atoms with Gasteiger partial charge in [0.05, 0.1) is 0 Å². The van der Waals surface area contributed by atoms with Crippen molar-refractivity contribution in [3.8, 4) is 0 Å². The van der Waals surface area contributed by atoms with Gasteiger partial charge in [0, 0.05) is 44.7 Å². The number of likely N-dealkylation sites (tertiary alicyclic amines) is 1. The molecule has 2 N–H and O–H groups in total. The molecule has 0 aliphatic carbocycles. The van der Waals surface area contributed by atoms with E-state index >= 15 is 0 Å². The predicted molar refractivity (Wildman–Crippen MR) is 75.3 cm³/mol. The van der Waals surface area contributed by atoms with Crippen LogP contribution >= 0.6 is 0 Å². The molecule has 0 aromatic carbocycles. The minimum absolute atomic E-state index is 0.207. The van der Waals surface area contributed by atoms with Gasteiger partial charge in [-0.2, -0.15) is 0 Å². The Morgan fingerprint density at radius 2 is 2.00 bits per heavy atom. The molecule has 0 aromatic rings. The number of hydrogen-bond donors (Lipinski definition) is 1. The summed E-state index contributed by atoms with van der Waals surface area (Å²) in [6.45, 7) is 11.8. The van der Waals surface area contributed by atoms with Crippen molar-refractivity contribution in [2.75, 3.05) is 26.2 Å². The van der Waals surface area contributed by atoms with E-state index < -0.39 is 0 Å². The minimum Gasteiger partial charge on any atom is -0.343 e. The zero-order valence-electron chi connectivity index (χ0n) is 12.4. The fraction of sp³-hybridized carbons (Fsp3) is 0.929. The molecule has 18 heavy (non-hydrogen) atoms. The van der Waals surface area contributed by atoms with Crippen molar-refractivity contribution in [3.63, 3.8) is 0 Å². The summed E-state index contributed by atoms with van der Waals surface area (Å²) in [5, 5.41) is 0. The molecule has 4 nitrogen and oxygen atoms in total. The van der Waals surface area contributed by atoms with Crippen molar-refractivity contribution in [2.45, 2.75) is 52.6 Å². The largest absolute Gasteiger partial charge is 0.343 e. The SMILES string of the molecule is CCN(CC)C(=O)CC(CN)N1CC(C)CC1C. The Balaban J connectivity index is 2.59. The molecule has 3 atom stereocenters. The topological polar surface area (TPSA) is 49.6 Å². The van der Waals surface area contributed by atoms with Crippen LogP contribution in [0.3, 0.4) is 0 Å². The number of nitrogens with two attached hydrogens (primary N) is 1. The van der Waals surface area contributed by atoms with E-state index in [0.29, 0.717) is 19.0 Å².